The summed E-state index contributed by atoms with van der Waals surface area (Å²) >= 11 is 0. The molecule has 0 N–H and O–H groups in total. The number of anilines is 1. The molecule has 202 valence electrons. The summed E-state index contributed by atoms with van der Waals surface area (Å²) < 4.78 is 13.1. The summed E-state index contributed by atoms with van der Waals surface area (Å²) in [5, 5.41) is 12.1. The predicted octanol–water partition coefficient (Wildman–Crippen LogP) is 4.97. The molecule has 39 heavy (non-hydrogen) atoms. The number of carbonyl (C=O) groups excluding carboxylic acids is 1. The maximum absolute atomic E-state index is 13.7. The second kappa shape index (κ2) is 11.1. The van der Waals surface area contributed by atoms with E-state index in [0.29, 0.717) is 44.1 Å². The van der Waals surface area contributed by atoms with E-state index in [1.165, 1.54) is 12.1 Å². The maximum Gasteiger partial charge on any atom is 0.269 e. The van der Waals surface area contributed by atoms with Crippen LogP contribution in [0.2, 0.25) is 0 Å². The number of nitro groups is 1. The van der Waals surface area contributed by atoms with E-state index in [0.717, 1.165) is 27.7 Å². The quantitative estimate of drug-likeness (QED) is 0.237. The Balaban J connectivity index is 1.38. The normalized spacial score (nSPS) is 14.3. The van der Waals surface area contributed by atoms with Crippen molar-refractivity contribution in [3.05, 3.63) is 94.2 Å². The van der Waals surface area contributed by atoms with Gasteiger partial charge in [0.25, 0.3) is 5.69 Å². The predicted molar refractivity (Wildman–Crippen MR) is 151 cm³/mol. The van der Waals surface area contributed by atoms with Gasteiger partial charge in [-0.05, 0) is 41.5 Å². The van der Waals surface area contributed by atoms with Gasteiger partial charge in [0.15, 0.2) is 11.5 Å². The van der Waals surface area contributed by atoms with Crippen LogP contribution in [0.25, 0.3) is 10.9 Å². The Morgan fingerprint density at radius 3 is 2.31 bits per heavy atom. The lowest BCUT2D eigenvalue weighted by molar-refractivity contribution is -0.384. The van der Waals surface area contributed by atoms with E-state index < -0.39 is 4.92 Å². The number of rotatable bonds is 8. The Morgan fingerprint density at radius 2 is 1.64 bits per heavy atom. The SMILES string of the molecule is COc1ccc([C@H](CC(=O)N2CCN(c3ccc([N+](=O)[O-])cc3)CC2)c2cn(C)c3ccccc23)cc1OC. The van der Waals surface area contributed by atoms with Crippen LogP contribution in [0.4, 0.5) is 11.4 Å². The number of para-hydroxylation sites is 1. The molecule has 1 fully saturated rings. The number of carbonyl (C=O) groups is 1. The topological polar surface area (TPSA) is 90.1 Å². The monoisotopic (exact) mass is 528 g/mol. The summed E-state index contributed by atoms with van der Waals surface area (Å²) in [5.74, 6) is 1.19. The molecule has 9 heteroatoms. The zero-order valence-corrected chi connectivity index (χ0v) is 22.4. The van der Waals surface area contributed by atoms with E-state index in [9.17, 15) is 14.9 Å². The summed E-state index contributed by atoms with van der Waals surface area (Å²) in [6, 6.07) is 20.7. The summed E-state index contributed by atoms with van der Waals surface area (Å²) in [7, 11) is 5.25. The minimum absolute atomic E-state index is 0.0715. The third-order valence-corrected chi connectivity index (χ3v) is 7.55. The summed E-state index contributed by atoms with van der Waals surface area (Å²) in [6.45, 7) is 2.51. The number of aromatic nitrogens is 1. The minimum Gasteiger partial charge on any atom is -0.493 e. The van der Waals surface area contributed by atoms with Crippen LogP contribution >= 0.6 is 0 Å². The van der Waals surface area contributed by atoms with Gasteiger partial charge in [-0.2, -0.15) is 0 Å². The summed E-state index contributed by atoms with van der Waals surface area (Å²) in [5.41, 5.74) is 4.19. The van der Waals surface area contributed by atoms with Gasteiger partial charge in [0.1, 0.15) is 0 Å². The number of piperazine rings is 1. The van der Waals surface area contributed by atoms with Crippen molar-refractivity contribution < 1.29 is 19.2 Å². The lowest BCUT2D eigenvalue weighted by atomic mass is 9.87. The first kappa shape index (κ1) is 26.1. The van der Waals surface area contributed by atoms with E-state index in [2.05, 4.69) is 27.8 Å². The van der Waals surface area contributed by atoms with Gasteiger partial charge in [-0.15, -0.1) is 0 Å². The standard InChI is InChI=1S/C30H32N4O5/c1-31-20-26(24-6-4-5-7-27(24)31)25(21-8-13-28(38-2)29(18-21)39-3)19-30(35)33-16-14-32(15-17-33)22-9-11-23(12-10-22)34(36)37/h4-13,18,20,25H,14-17,19H2,1-3H3/t25-/m0/s1. The van der Waals surface area contributed by atoms with E-state index in [-0.39, 0.29) is 17.5 Å². The molecule has 1 amide bonds. The molecule has 2 heterocycles. The fraction of sp³-hybridized carbons (Fsp3) is 0.300. The van der Waals surface area contributed by atoms with Crippen LogP contribution in [0, 0.1) is 10.1 Å². The zero-order chi connectivity index (χ0) is 27.5. The molecule has 1 atom stereocenters. The molecule has 0 saturated carbocycles. The Morgan fingerprint density at radius 1 is 0.949 bits per heavy atom. The number of hydrogen-bond acceptors (Lipinski definition) is 6. The number of methoxy groups -OCH3 is 2. The molecular weight excluding hydrogens is 496 g/mol. The van der Waals surface area contributed by atoms with Crippen molar-refractivity contribution in [3.63, 3.8) is 0 Å². The van der Waals surface area contributed by atoms with Gasteiger partial charge in [0.2, 0.25) is 5.91 Å². The number of hydrogen-bond donors (Lipinski definition) is 0. The second-order valence-electron chi connectivity index (χ2n) is 9.72. The van der Waals surface area contributed by atoms with E-state index in [1.54, 1.807) is 26.4 Å². The van der Waals surface area contributed by atoms with Crippen molar-refractivity contribution in [2.45, 2.75) is 12.3 Å². The Bertz CT molecular complexity index is 1490. The van der Waals surface area contributed by atoms with Crippen molar-refractivity contribution in [2.75, 3.05) is 45.3 Å². The first-order chi connectivity index (χ1) is 18.9. The molecular formula is C30H32N4O5. The third-order valence-electron chi connectivity index (χ3n) is 7.55. The molecule has 0 bridgehead atoms. The molecule has 0 spiro atoms. The van der Waals surface area contributed by atoms with Crippen LogP contribution in [0.1, 0.15) is 23.5 Å². The highest BCUT2D eigenvalue weighted by atomic mass is 16.6. The third kappa shape index (κ3) is 5.25. The van der Waals surface area contributed by atoms with E-state index in [1.807, 2.05) is 42.3 Å². The number of fused-ring (bicyclic) bond motifs is 1. The smallest absolute Gasteiger partial charge is 0.269 e. The minimum atomic E-state index is -0.398. The highest BCUT2D eigenvalue weighted by Crippen LogP contribution is 2.38. The highest BCUT2D eigenvalue weighted by Gasteiger charge is 2.28. The van der Waals surface area contributed by atoms with Gasteiger partial charge >= 0.3 is 0 Å². The number of amides is 1. The average Bonchev–Trinajstić information content (AvgIpc) is 3.31. The van der Waals surface area contributed by atoms with Crippen LogP contribution in [0.15, 0.2) is 72.9 Å². The van der Waals surface area contributed by atoms with Crippen molar-refractivity contribution in [2.24, 2.45) is 7.05 Å². The Hall–Kier alpha value is -4.53. The Kier molecular flexibility index (Phi) is 7.40. The molecule has 4 aromatic rings. The first-order valence-corrected chi connectivity index (χ1v) is 12.9. The fourth-order valence-electron chi connectivity index (χ4n) is 5.43. The number of nitro benzene ring substituents is 1. The summed E-state index contributed by atoms with van der Waals surface area (Å²) in [6.07, 6.45) is 2.44. The highest BCUT2D eigenvalue weighted by molar-refractivity contribution is 5.86. The van der Waals surface area contributed by atoms with Gasteiger partial charge < -0.3 is 23.8 Å². The van der Waals surface area contributed by atoms with E-state index >= 15 is 0 Å². The lowest BCUT2D eigenvalue weighted by Gasteiger charge is -2.36. The molecule has 3 aromatic carbocycles. The van der Waals surface area contributed by atoms with Gasteiger partial charge in [-0.25, -0.2) is 0 Å². The van der Waals surface area contributed by atoms with Crippen LogP contribution in [0.5, 0.6) is 11.5 Å². The van der Waals surface area contributed by atoms with Crippen LogP contribution in [-0.2, 0) is 11.8 Å². The average molecular weight is 529 g/mol. The molecule has 5 rings (SSSR count). The number of benzene rings is 3. The molecule has 1 aliphatic rings. The van der Waals surface area contributed by atoms with Crippen molar-refractivity contribution in [3.8, 4) is 11.5 Å². The van der Waals surface area contributed by atoms with Gasteiger partial charge in [0.05, 0.1) is 19.1 Å². The van der Waals surface area contributed by atoms with Gasteiger partial charge in [0, 0.05) is 80.5 Å². The molecule has 9 nitrogen and oxygen atoms in total. The molecule has 0 aliphatic carbocycles. The molecule has 0 unspecified atom stereocenters. The van der Waals surface area contributed by atoms with Crippen molar-refractivity contribution >= 4 is 28.2 Å². The maximum atomic E-state index is 13.7. The molecule has 0 radical (unpaired) electrons. The van der Waals surface area contributed by atoms with Gasteiger partial charge in [-0.1, -0.05) is 24.3 Å². The number of ether oxygens (including phenoxy) is 2. The van der Waals surface area contributed by atoms with Crippen LogP contribution < -0.4 is 14.4 Å². The first-order valence-electron chi connectivity index (χ1n) is 12.9. The number of nitrogens with zero attached hydrogens (tertiary/aromatic N) is 4. The molecule has 1 aliphatic heterocycles. The van der Waals surface area contributed by atoms with Crippen LogP contribution in [-0.4, -0.2) is 60.7 Å². The number of aryl methyl sites for hydroxylation is 1. The zero-order valence-electron chi connectivity index (χ0n) is 22.4. The lowest BCUT2D eigenvalue weighted by Crippen LogP contribution is -2.49. The van der Waals surface area contributed by atoms with Crippen LogP contribution in [0.3, 0.4) is 0 Å². The van der Waals surface area contributed by atoms with Gasteiger partial charge in [-0.3, -0.25) is 14.9 Å². The van der Waals surface area contributed by atoms with Crippen molar-refractivity contribution in [1.82, 2.24) is 9.47 Å². The molecule has 1 aromatic heterocycles. The largest absolute Gasteiger partial charge is 0.493 e. The van der Waals surface area contributed by atoms with E-state index in [4.69, 9.17) is 9.47 Å². The second-order valence-corrected chi connectivity index (χ2v) is 9.72. The summed E-state index contributed by atoms with van der Waals surface area (Å²) in [4.78, 5) is 28.4. The Labute approximate surface area is 227 Å². The number of non-ortho nitro benzene ring substituents is 1. The fourth-order valence-corrected chi connectivity index (χ4v) is 5.43. The van der Waals surface area contributed by atoms with Crippen molar-refractivity contribution in [1.29, 1.82) is 0 Å². The molecule has 1 saturated heterocycles.